The van der Waals surface area contributed by atoms with Gasteiger partial charge in [0.05, 0.1) is 30.5 Å². The molecule has 5 rings (SSSR count). The van der Waals surface area contributed by atoms with Crippen LogP contribution in [0, 0.1) is 11.8 Å². The lowest BCUT2D eigenvalue weighted by atomic mass is 9.77. The van der Waals surface area contributed by atoms with Crippen LogP contribution in [0.25, 0.3) is 0 Å². The molecule has 3 nitrogen and oxygen atoms in total. The van der Waals surface area contributed by atoms with Crippen LogP contribution in [-0.4, -0.2) is 28.6 Å². The smallest absolute Gasteiger partial charge is 0.202 e. The largest absolute Gasteiger partial charge is 0.439 e. The van der Waals surface area contributed by atoms with E-state index in [-0.39, 0.29) is 0 Å². The lowest BCUT2D eigenvalue weighted by Crippen LogP contribution is -3.13. The normalized spacial score (nSPS) is 28.1. The number of nitrogens with one attached hydrogen (secondary N) is 1. The number of rotatable bonds is 8. The van der Waals surface area contributed by atoms with Crippen LogP contribution in [0.2, 0.25) is 0 Å². The van der Waals surface area contributed by atoms with Crippen molar-refractivity contribution in [1.82, 2.24) is 4.98 Å². The van der Waals surface area contributed by atoms with E-state index in [1.54, 1.807) is 4.90 Å². The second-order valence-corrected chi connectivity index (χ2v) is 12.8. The van der Waals surface area contributed by atoms with Gasteiger partial charge in [0.2, 0.25) is 5.89 Å². The predicted octanol–water partition coefficient (Wildman–Crippen LogP) is 6.64. The minimum Gasteiger partial charge on any atom is -0.439 e. The predicted molar refractivity (Wildman–Crippen MR) is 142 cm³/mol. The van der Waals surface area contributed by atoms with Crippen molar-refractivity contribution in [1.29, 1.82) is 0 Å². The van der Waals surface area contributed by atoms with Crippen molar-refractivity contribution in [2.45, 2.75) is 107 Å². The molecule has 186 valence electrons. The van der Waals surface area contributed by atoms with E-state index in [1.807, 2.05) is 0 Å². The van der Waals surface area contributed by atoms with E-state index >= 15 is 0 Å². The molecule has 0 amide bonds. The summed E-state index contributed by atoms with van der Waals surface area (Å²) in [6.45, 7) is 5.97. The van der Waals surface area contributed by atoms with Crippen LogP contribution in [0.4, 0.5) is 0 Å². The molecule has 0 radical (unpaired) electrons. The highest BCUT2D eigenvalue weighted by molar-refractivity contribution is 8.00. The van der Waals surface area contributed by atoms with Crippen molar-refractivity contribution in [2.75, 3.05) is 13.1 Å². The van der Waals surface area contributed by atoms with Gasteiger partial charge in [-0.25, -0.2) is 4.98 Å². The topological polar surface area (TPSA) is 30.5 Å². The maximum Gasteiger partial charge on any atom is 0.202 e. The molecule has 3 fully saturated rings. The van der Waals surface area contributed by atoms with E-state index in [9.17, 15) is 0 Å². The number of hydrogen-bond acceptors (Lipinski definition) is 3. The third-order valence-electron chi connectivity index (χ3n) is 8.87. The van der Waals surface area contributed by atoms with Gasteiger partial charge in [-0.1, -0.05) is 82.2 Å². The first-order valence-electron chi connectivity index (χ1n) is 14.3. The molecule has 1 N–H and O–H groups in total. The highest BCUT2D eigenvalue weighted by Crippen LogP contribution is 2.40. The van der Waals surface area contributed by atoms with Crippen LogP contribution in [0.1, 0.15) is 107 Å². The van der Waals surface area contributed by atoms with Gasteiger partial charge in [0.25, 0.3) is 0 Å². The third kappa shape index (κ3) is 6.10. The van der Waals surface area contributed by atoms with Gasteiger partial charge in [-0.2, -0.15) is 0 Å². The van der Waals surface area contributed by atoms with Crippen LogP contribution >= 0.6 is 11.8 Å². The molecule has 1 aliphatic heterocycles. The monoisotopic (exact) mass is 481 g/mol. The maximum atomic E-state index is 6.56. The zero-order valence-corrected chi connectivity index (χ0v) is 22.0. The Labute approximate surface area is 211 Å². The van der Waals surface area contributed by atoms with Crippen molar-refractivity contribution < 1.29 is 9.32 Å². The number of aromatic nitrogens is 1. The average molecular weight is 482 g/mol. The molecular formula is C30H45N2OS+. The highest BCUT2D eigenvalue weighted by Gasteiger charge is 2.35. The maximum absolute atomic E-state index is 6.56. The molecule has 4 atom stereocenters. The van der Waals surface area contributed by atoms with E-state index in [2.05, 4.69) is 55.2 Å². The molecule has 2 aromatic rings. The summed E-state index contributed by atoms with van der Waals surface area (Å²) in [7, 11) is 0. The van der Waals surface area contributed by atoms with Gasteiger partial charge in [0, 0.05) is 11.7 Å². The third-order valence-corrected chi connectivity index (χ3v) is 10.6. The molecule has 1 aromatic carbocycles. The molecule has 4 heteroatoms. The lowest BCUT2D eigenvalue weighted by Gasteiger charge is -2.37. The second-order valence-electron chi connectivity index (χ2n) is 11.2. The quantitative estimate of drug-likeness (QED) is 0.459. The summed E-state index contributed by atoms with van der Waals surface area (Å²) in [5.41, 5.74) is 1.38. The van der Waals surface area contributed by atoms with Crippen LogP contribution < -0.4 is 4.90 Å². The Hall–Kier alpha value is -1.26. The Morgan fingerprint density at radius 1 is 0.971 bits per heavy atom. The summed E-state index contributed by atoms with van der Waals surface area (Å²) in [6, 6.07) is 11.0. The zero-order valence-electron chi connectivity index (χ0n) is 21.2. The van der Waals surface area contributed by atoms with E-state index < -0.39 is 0 Å². The SMILES string of the molecule is CCC1CC[NH+](Cc2cnc(C(c3ccccc3)C3CCCCC3)o2)CC1SC1CCCCC1. The molecule has 0 spiro atoms. The molecule has 1 aromatic heterocycles. The van der Waals surface area contributed by atoms with Gasteiger partial charge in [-0.3, -0.25) is 0 Å². The van der Waals surface area contributed by atoms with Gasteiger partial charge < -0.3 is 9.32 Å². The average Bonchev–Trinajstić information content (AvgIpc) is 3.34. The van der Waals surface area contributed by atoms with Crippen molar-refractivity contribution in [3.63, 3.8) is 0 Å². The molecular weight excluding hydrogens is 436 g/mol. The molecule has 2 heterocycles. The lowest BCUT2D eigenvalue weighted by molar-refractivity contribution is -0.919. The van der Waals surface area contributed by atoms with Gasteiger partial charge in [-0.15, -0.1) is 11.8 Å². The number of benzene rings is 1. The Morgan fingerprint density at radius 2 is 1.71 bits per heavy atom. The van der Waals surface area contributed by atoms with E-state index in [0.29, 0.717) is 11.8 Å². The molecule has 2 aliphatic carbocycles. The first kappa shape index (κ1) is 24.4. The Kier molecular flexibility index (Phi) is 8.71. The molecule has 34 heavy (non-hydrogen) atoms. The van der Waals surface area contributed by atoms with Crippen molar-refractivity contribution in [2.24, 2.45) is 11.8 Å². The summed E-state index contributed by atoms with van der Waals surface area (Å²) >= 11 is 2.35. The number of thioether (sulfide) groups is 1. The van der Waals surface area contributed by atoms with Crippen molar-refractivity contribution in [3.05, 3.63) is 53.7 Å². The van der Waals surface area contributed by atoms with Gasteiger partial charge in [-0.05, 0) is 43.1 Å². The van der Waals surface area contributed by atoms with Crippen LogP contribution in [0.3, 0.4) is 0 Å². The summed E-state index contributed by atoms with van der Waals surface area (Å²) in [4.78, 5) is 6.60. The molecule has 1 saturated heterocycles. The van der Waals surface area contributed by atoms with Crippen LogP contribution in [0.15, 0.2) is 40.9 Å². The number of piperidine rings is 1. The Balaban J connectivity index is 1.26. The minimum absolute atomic E-state index is 0.311. The number of hydrogen-bond donors (Lipinski definition) is 1. The zero-order chi connectivity index (χ0) is 23.2. The Morgan fingerprint density at radius 3 is 2.44 bits per heavy atom. The number of likely N-dealkylation sites (tertiary alicyclic amines) is 1. The number of quaternary nitrogens is 1. The first-order valence-corrected chi connectivity index (χ1v) is 15.2. The van der Waals surface area contributed by atoms with Crippen LogP contribution in [0.5, 0.6) is 0 Å². The van der Waals surface area contributed by atoms with E-state index in [1.165, 1.54) is 95.7 Å². The summed E-state index contributed by atoms with van der Waals surface area (Å²) in [6.07, 6.45) is 18.7. The highest BCUT2D eigenvalue weighted by atomic mass is 32.2. The fourth-order valence-corrected chi connectivity index (χ4v) is 8.89. The molecule has 0 bridgehead atoms. The first-order chi connectivity index (χ1) is 16.8. The van der Waals surface area contributed by atoms with Crippen LogP contribution in [-0.2, 0) is 6.54 Å². The van der Waals surface area contributed by atoms with Crippen molar-refractivity contribution in [3.8, 4) is 0 Å². The number of nitrogens with zero attached hydrogens (tertiary/aromatic N) is 1. The summed E-state index contributed by atoms with van der Waals surface area (Å²) < 4.78 is 6.56. The molecule has 2 saturated carbocycles. The Bertz CT molecular complexity index is 856. The fraction of sp³-hybridized carbons (Fsp3) is 0.700. The molecule has 4 unspecified atom stereocenters. The van der Waals surface area contributed by atoms with Gasteiger partial charge in [0.15, 0.2) is 5.76 Å². The molecule has 3 aliphatic rings. The van der Waals surface area contributed by atoms with E-state index in [4.69, 9.17) is 9.40 Å². The van der Waals surface area contributed by atoms with Crippen molar-refractivity contribution >= 4 is 11.8 Å². The second kappa shape index (κ2) is 12.1. The van der Waals surface area contributed by atoms with Gasteiger partial charge >= 0.3 is 0 Å². The summed E-state index contributed by atoms with van der Waals surface area (Å²) in [5.74, 6) is 3.93. The fourth-order valence-electron chi connectivity index (χ4n) is 6.90. The van der Waals surface area contributed by atoms with Gasteiger partial charge in [0.1, 0.15) is 6.54 Å². The summed E-state index contributed by atoms with van der Waals surface area (Å²) in [5, 5.41) is 1.73. The minimum atomic E-state index is 0.311. The van der Waals surface area contributed by atoms with E-state index in [0.717, 1.165) is 34.6 Å². The standard InChI is InChI=1S/C30H44N2OS/c1-2-23-18-19-32(22-28(23)34-27-16-10-5-11-17-27)21-26-20-31-30(33-26)29(24-12-6-3-7-13-24)25-14-8-4-9-15-25/h3,6-7,12-13,20,23,25,27-29H,2,4-5,8-11,14-19,21-22H2,1H3/p+1. The number of oxazole rings is 1.